The molecular weight excluding hydrogens is 144 g/mol. The summed E-state index contributed by atoms with van der Waals surface area (Å²) >= 11 is 0. The molecule has 1 aliphatic rings. The summed E-state index contributed by atoms with van der Waals surface area (Å²) in [5.74, 6) is 0. The van der Waals surface area contributed by atoms with E-state index in [1.807, 2.05) is 13.8 Å². The van der Waals surface area contributed by atoms with Gasteiger partial charge in [-0.2, -0.15) is 0 Å². The van der Waals surface area contributed by atoms with E-state index in [2.05, 4.69) is 10.3 Å². The lowest BCUT2D eigenvalue weighted by Crippen LogP contribution is -2.25. The number of oxime groups is 2. The highest BCUT2D eigenvalue weighted by atomic mass is 16.4. The van der Waals surface area contributed by atoms with Crippen LogP contribution in [-0.4, -0.2) is 21.8 Å². The Morgan fingerprint density at radius 2 is 1.45 bits per heavy atom. The molecule has 4 nitrogen and oxygen atoms in total. The van der Waals surface area contributed by atoms with E-state index < -0.39 is 0 Å². The highest BCUT2D eigenvalue weighted by Crippen LogP contribution is 2.31. The van der Waals surface area contributed by atoms with E-state index >= 15 is 0 Å². The average molecular weight is 156 g/mol. The Balaban J connectivity index is 2.99. The molecule has 1 fully saturated rings. The molecule has 0 bridgehead atoms. The summed E-state index contributed by atoms with van der Waals surface area (Å²) in [6.45, 7) is 3.76. The molecule has 1 saturated carbocycles. The molecule has 0 unspecified atom stereocenters. The number of hydrogen-bond donors (Lipinski definition) is 2. The Morgan fingerprint density at radius 1 is 1.09 bits per heavy atom. The minimum atomic E-state index is -0.372. The summed E-state index contributed by atoms with van der Waals surface area (Å²) in [7, 11) is 0. The first-order valence-electron chi connectivity index (χ1n) is 3.55. The molecule has 4 heteroatoms. The number of nitrogens with zero attached hydrogens (tertiary/aromatic N) is 2. The van der Waals surface area contributed by atoms with Crippen LogP contribution in [0.15, 0.2) is 10.3 Å². The van der Waals surface area contributed by atoms with Crippen LogP contribution in [-0.2, 0) is 0 Å². The highest BCUT2D eigenvalue weighted by Gasteiger charge is 2.38. The first kappa shape index (κ1) is 8.04. The second-order valence-electron chi connectivity index (χ2n) is 3.22. The zero-order chi connectivity index (χ0) is 8.48. The predicted octanol–water partition coefficient (Wildman–Crippen LogP) is 1.47. The maximum atomic E-state index is 8.57. The molecule has 0 amide bonds. The Bertz CT molecular complexity index is 196. The van der Waals surface area contributed by atoms with Crippen molar-refractivity contribution in [3.63, 3.8) is 0 Å². The highest BCUT2D eigenvalue weighted by molar-refractivity contribution is 6.16. The maximum Gasteiger partial charge on any atom is 0.0688 e. The van der Waals surface area contributed by atoms with E-state index in [-0.39, 0.29) is 5.41 Å². The van der Waals surface area contributed by atoms with Gasteiger partial charge in [0.25, 0.3) is 0 Å². The normalized spacial score (nSPS) is 30.0. The van der Waals surface area contributed by atoms with Gasteiger partial charge in [-0.25, -0.2) is 0 Å². The third-order valence-electron chi connectivity index (χ3n) is 2.28. The molecule has 1 rings (SSSR count). The number of hydrogen-bond acceptors (Lipinski definition) is 4. The molecule has 11 heavy (non-hydrogen) atoms. The molecular formula is C7H12N2O2. The summed E-state index contributed by atoms with van der Waals surface area (Å²) in [5.41, 5.74) is 0.999. The summed E-state index contributed by atoms with van der Waals surface area (Å²) in [6, 6.07) is 0. The monoisotopic (exact) mass is 156 g/mol. The molecule has 0 aromatic carbocycles. The van der Waals surface area contributed by atoms with E-state index in [1.54, 1.807) is 0 Å². The Kier molecular flexibility index (Phi) is 1.85. The van der Waals surface area contributed by atoms with Gasteiger partial charge in [0.15, 0.2) is 0 Å². The molecule has 2 N–H and O–H groups in total. The zero-order valence-electron chi connectivity index (χ0n) is 6.70. The lowest BCUT2D eigenvalue weighted by molar-refractivity contribution is 0.308. The van der Waals surface area contributed by atoms with E-state index in [4.69, 9.17) is 10.4 Å². The first-order chi connectivity index (χ1) is 5.12. The largest absolute Gasteiger partial charge is 0.411 e. The van der Waals surface area contributed by atoms with Crippen LogP contribution >= 0.6 is 0 Å². The van der Waals surface area contributed by atoms with Gasteiger partial charge < -0.3 is 10.4 Å². The van der Waals surface area contributed by atoms with Gasteiger partial charge in [-0.15, -0.1) is 0 Å². The molecule has 0 aromatic rings. The van der Waals surface area contributed by atoms with Gasteiger partial charge in [0.2, 0.25) is 0 Å². The summed E-state index contributed by atoms with van der Waals surface area (Å²) in [4.78, 5) is 0. The van der Waals surface area contributed by atoms with E-state index in [1.165, 1.54) is 0 Å². The fraction of sp³-hybridized carbons (Fsp3) is 0.714. The lowest BCUT2D eigenvalue weighted by atomic mass is 9.88. The summed E-state index contributed by atoms with van der Waals surface area (Å²) in [6.07, 6.45) is 1.37. The third-order valence-corrected chi connectivity index (χ3v) is 2.28. The standard InChI is InChI=1S/C7H12N2O2/c1-7(2)5(8-10)3-4-6(7)9-11/h10-11H,3-4H2,1-2H3/b8-5+,9-6?. The zero-order valence-corrected chi connectivity index (χ0v) is 6.70. The van der Waals surface area contributed by atoms with Crippen LogP contribution in [0.4, 0.5) is 0 Å². The van der Waals surface area contributed by atoms with Crippen LogP contribution in [0, 0.1) is 5.41 Å². The summed E-state index contributed by atoms with van der Waals surface area (Å²) < 4.78 is 0. The van der Waals surface area contributed by atoms with Crippen molar-refractivity contribution < 1.29 is 10.4 Å². The SMILES string of the molecule is CC1(C)C(=NO)CC/C1=N\O. The van der Waals surface area contributed by atoms with Crippen LogP contribution in [0.5, 0.6) is 0 Å². The Hall–Kier alpha value is -1.06. The average Bonchev–Trinajstić information content (AvgIpc) is 2.24. The van der Waals surface area contributed by atoms with Crippen LogP contribution in [0.3, 0.4) is 0 Å². The molecule has 0 aromatic heterocycles. The second-order valence-corrected chi connectivity index (χ2v) is 3.22. The van der Waals surface area contributed by atoms with Crippen molar-refractivity contribution in [1.82, 2.24) is 0 Å². The van der Waals surface area contributed by atoms with Crippen molar-refractivity contribution in [3.05, 3.63) is 0 Å². The minimum Gasteiger partial charge on any atom is -0.411 e. The van der Waals surface area contributed by atoms with Gasteiger partial charge >= 0.3 is 0 Å². The first-order valence-corrected chi connectivity index (χ1v) is 3.55. The van der Waals surface area contributed by atoms with Crippen molar-refractivity contribution in [1.29, 1.82) is 0 Å². The van der Waals surface area contributed by atoms with Crippen LogP contribution in [0.1, 0.15) is 26.7 Å². The molecule has 0 atom stereocenters. The number of rotatable bonds is 0. The minimum absolute atomic E-state index is 0.372. The molecule has 0 saturated heterocycles. The quantitative estimate of drug-likeness (QED) is 0.412. The smallest absolute Gasteiger partial charge is 0.0688 e. The van der Waals surface area contributed by atoms with Gasteiger partial charge in [0.1, 0.15) is 0 Å². The van der Waals surface area contributed by atoms with Gasteiger partial charge in [-0.05, 0) is 26.7 Å². The van der Waals surface area contributed by atoms with Gasteiger partial charge in [-0.3, -0.25) is 0 Å². The van der Waals surface area contributed by atoms with Crippen LogP contribution in [0.2, 0.25) is 0 Å². The second kappa shape index (κ2) is 2.53. The molecule has 0 spiro atoms. The van der Waals surface area contributed by atoms with Gasteiger partial charge in [0, 0.05) is 5.41 Å². The Labute approximate surface area is 65.2 Å². The topological polar surface area (TPSA) is 65.2 Å². The fourth-order valence-electron chi connectivity index (χ4n) is 1.38. The van der Waals surface area contributed by atoms with E-state index in [9.17, 15) is 0 Å². The molecule has 62 valence electrons. The van der Waals surface area contributed by atoms with E-state index in [0.29, 0.717) is 24.3 Å². The fourth-order valence-corrected chi connectivity index (χ4v) is 1.38. The summed E-state index contributed by atoms with van der Waals surface area (Å²) in [5, 5.41) is 23.5. The van der Waals surface area contributed by atoms with Crippen LogP contribution < -0.4 is 0 Å². The van der Waals surface area contributed by atoms with Crippen molar-refractivity contribution in [2.75, 3.05) is 0 Å². The van der Waals surface area contributed by atoms with Crippen molar-refractivity contribution in [2.45, 2.75) is 26.7 Å². The van der Waals surface area contributed by atoms with Crippen molar-refractivity contribution in [3.8, 4) is 0 Å². The lowest BCUT2D eigenvalue weighted by Gasteiger charge is -2.16. The molecule has 0 aliphatic heterocycles. The third kappa shape index (κ3) is 1.08. The maximum absolute atomic E-state index is 8.57. The van der Waals surface area contributed by atoms with Gasteiger partial charge in [0.05, 0.1) is 11.4 Å². The van der Waals surface area contributed by atoms with Gasteiger partial charge in [-0.1, -0.05) is 10.3 Å². The Morgan fingerprint density at radius 3 is 1.64 bits per heavy atom. The molecule has 1 aliphatic carbocycles. The van der Waals surface area contributed by atoms with E-state index in [0.717, 1.165) is 0 Å². The van der Waals surface area contributed by atoms with Crippen molar-refractivity contribution >= 4 is 11.4 Å². The molecule has 0 radical (unpaired) electrons. The predicted molar refractivity (Wildman–Crippen MR) is 41.5 cm³/mol. The van der Waals surface area contributed by atoms with Crippen LogP contribution in [0.25, 0.3) is 0 Å². The van der Waals surface area contributed by atoms with Crippen molar-refractivity contribution in [2.24, 2.45) is 15.7 Å². The molecule has 0 heterocycles.